The summed E-state index contributed by atoms with van der Waals surface area (Å²) in [5.74, 6) is -0.437. The van der Waals surface area contributed by atoms with Crippen LogP contribution >= 0.6 is 0 Å². The number of hydrogen-bond acceptors (Lipinski definition) is 1. The van der Waals surface area contributed by atoms with Crippen LogP contribution < -0.4 is 5.32 Å². The van der Waals surface area contributed by atoms with Gasteiger partial charge in [-0.05, 0) is 37.5 Å². The number of rotatable bonds is 3. The molecule has 0 spiro atoms. The average Bonchev–Trinajstić information content (AvgIpc) is 2.98. The number of alkyl halides is 3. The highest BCUT2D eigenvalue weighted by Gasteiger charge is 2.63. The van der Waals surface area contributed by atoms with E-state index in [2.05, 4.69) is 5.32 Å². The third-order valence-electron chi connectivity index (χ3n) is 3.13. The summed E-state index contributed by atoms with van der Waals surface area (Å²) >= 11 is 0. The lowest BCUT2D eigenvalue weighted by Gasteiger charge is -2.25. The number of hydrogen-bond donors (Lipinski definition) is 1. The SMILES string of the molecule is CC(NC1(C(F)(F)F)CC1)c1cccc(F)c1. The first-order valence-electron chi connectivity index (χ1n) is 5.44. The van der Waals surface area contributed by atoms with E-state index in [1.807, 2.05) is 0 Å². The topological polar surface area (TPSA) is 12.0 Å². The zero-order chi connectivity index (χ0) is 12.7. The smallest absolute Gasteiger partial charge is 0.297 e. The lowest BCUT2D eigenvalue weighted by molar-refractivity contribution is -0.167. The van der Waals surface area contributed by atoms with Crippen LogP contribution in [0.1, 0.15) is 31.4 Å². The highest BCUT2D eigenvalue weighted by Crippen LogP contribution is 2.50. The zero-order valence-electron chi connectivity index (χ0n) is 9.31. The monoisotopic (exact) mass is 247 g/mol. The molecule has 0 aliphatic heterocycles. The van der Waals surface area contributed by atoms with Crippen LogP contribution in [0.5, 0.6) is 0 Å². The minimum atomic E-state index is -4.24. The van der Waals surface area contributed by atoms with Gasteiger partial charge in [0.1, 0.15) is 11.4 Å². The standard InChI is InChI=1S/C12H13F4N/c1-8(9-3-2-4-10(13)7-9)17-11(5-6-11)12(14,15)16/h2-4,7-8,17H,5-6H2,1H3. The molecule has 0 amide bonds. The second kappa shape index (κ2) is 3.98. The average molecular weight is 247 g/mol. The molecule has 0 saturated heterocycles. The minimum Gasteiger partial charge on any atom is -0.297 e. The molecule has 2 rings (SSSR count). The van der Waals surface area contributed by atoms with E-state index in [1.165, 1.54) is 18.2 Å². The number of halogens is 4. The quantitative estimate of drug-likeness (QED) is 0.805. The first-order valence-corrected chi connectivity index (χ1v) is 5.44. The number of nitrogens with one attached hydrogen (secondary N) is 1. The van der Waals surface area contributed by atoms with Gasteiger partial charge in [0, 0.05) is 6.04 Å². The fourth-order valence-electron chi connectivity index (χ4n) is 1.91. The van der Waals surface area contributed by atoms with Gasteiger partial charge in [0.05, 0.1) is 0 Å². The molecular weight excluding hydrogens is 234 g/mol. The van der Waals surface area contributed by atoms with Gasteiger partial charge < -0.3 is 0 Å². The molecule has 1 nitrogen and oxygen atoms in total. The maximum Gasteiger partial charge on any atom is 0.406 e. The first-order chi connectivity index (χ1) is 7.84. The van der Waals surface area contributed by atoms with Crippen molar-refractivity contribution in [2.75, 3.05) is 0 Å². The molecule has 17 heavy (non-hydrogen) atoms. The molecule has 1 fully saturated rings. The Morgan fingerprint density at radius 1 is 1.29 bits per heavy atom. The molecule has 1 unspecified atom stereocenters. The minimum absolute atomic E-state index is 0.0934. The Bertz CT molecular complexity index is 409. The summed E-state index contributed by atoms with van der Waals surface area (Å²) in [5, 5.41) is 2.56. The molecule has 94 valence electrons. The predicted molar refractivity (Wildman–Crippen MR) is 56.0 cm³/mol. The normalized spacial score (nSPS) is 20.1. The van der Waals surface area contributed by atoms with Gasteiger partial charge in [0.2, 0.25) is 0 Å². The maximum absolute atomic E-state index is 13.0. The summed E-state index contributed by atoms with van der Waals surface area (Å²) in [7, 11) is 0. The molecular formula is C12H13F4N. The van der Waals surface area contributed by atoms with Crippen LogP contribution in [0.25, 0.3) is 0 Å². The van der Waals surface area contributed by atoms with Gasteiger partial charge in [-0.3, -0.25) is 5.32 Å². The van der Waals surface area contributed by atoms with Crippen LogP contribution in [0.3, 0.4) is 0 Å². The third kappa shape index (κ3) is 2.44. The molecule has 1 saturated carbocycles. The van der Waals surface area contributed by atoms with Gasteiger partial charge in [-0.1, -0.05) is 12.1 Å². The number of benzene rings is 1. The van der Waals surface area contributed by atoms with Crippen LogP contribution in [0.15, 0.2) is 24.3 Å². The van der Waals surface area contributed by atoms with Gasteiger partial charge in [0.15, 0.2) is 0 Å². The van der Waals surface area contributed by atoms with Crippen molar-refractivity contribution in [3.05, 3.63) is 35.6 Å². The molecule has 1 N–H and O–H groups in total. The van der Waals surface area contributed by atoms with Crippen molar-refractivity contribution in [2.24, 2.45) is 0 Å². The van der Waals surface area contributed by atoms with Gasteiger partial charge >= 0.3 is 6.18 Å². The van der Waals surface area contributed by atoms with E-state index in [1.54, 1.807) is 13.0 Å². The Kier molecular flexibility index (Phi) is 2.89. The second-order valence-corrected chi connectivity index (χ2v) is 4.50. The molecule has 0 bridgehead atoms. The lowest BCUT2D eigenvalue weighted by Crippen LogP contribution is -2.45. The van der Waals surface area contributed by atoms with E-state index in [9.17, 15) is 17.6 Å². The molecule has 5 heteroatoms. The summed E-state index contributed by atoms with van der Waals surface area (Å²) in [6.45, 7) is 1.61. The fourth-order valence-corrected chi connectivity index (χ4v) is 1.91. The van der Waals surface area contributed by atoms with Crippen LogP contribution in [0, 0.1) is 5.82 Å². The molecule has 1 atom stereocenters. The summed E-state index contributed by atoms with van der Waals surface area (Å²) in [4.78, 5) is 0. The summed E-state index contributed by atoms with van der Waals surface area (Å²) in [6.07, 6.45) is -4.05. The van der Waals surface area contributed by atoms with Crippen molar-refractivity contribution in [3.63, 3.8) is 0 Å². The Balaban J connectivity index is 2.10. The van der Waals surface area contributed by atoms with Crippen molar-refractivity contribution >= 4 is 0 Å². The summed E-state index contributed by atoms with van der Waals surface area (Å²) in [5.41, 5.74) is -1.24. The van der Waals surface area contributed by atoms with Gasteiger partial charge in [-0.25, -0.2) is 4.39 Å². The van der Waals surface area contributed by atoms with Crippen LogP contribution in [-0.4, -0.2) is 11.7 Å². The van der Waals surface area contributed by atoms with Crippen molar-refractivity contribution in [1.82, 2.24) is 5.32 Å². The summed E-state index contributed by atoms with van der Waals surface area (Å²) in [6, 6.07) is 5.12. The van der Waals surface area contributed by atoms with Crippen LogP contribution in [-0.2, 0) is 0 Å². The highest BCUT2D eigenvalue weighted by molar-refractivity contribution is 5.21. The molecule has 1 aliphatic rings. The van der Waals surface area contributed by atoms with E-state index >= 15 is 0 Å². The maximum atomic E-state index is 13.0. The predicted octanol–water partition coefficient (Wildman–Crippen LogP) is 3.57. The molecule has 1 aromatic carbocycles. The van der Waals surface area contributed by atoms with E-state index in [-0.39, 0.29) is 12.8 Å². The molecule has 1 aromatic rings. The van der Waals surface area contributed by atoms with E-state index in [0.29, 0.717) is 5.56 Å². The largest absolute Gasteiger partial charge is 0.406 e. The van der Waals surface area contributed by atoms with Gasteiger partial charge in [-0.2, -0.15) is 13.2 Å². The Hall–Kier alpha value is -1.10. The van der Waals surface area contributed by atoms with E-state index in [4.69, 9.17) is 0 Å². The van der Waals surface area contributed by atoms with Crippen molar-refractivity contribution in [1.29, 1.82) is 0 Å². The second-order valence-electron chi connectivity index (χ2n) is 4.50. The van der Waals surface area contributed by atoms with Crippen molar-refractivity contribution < 1.29 is 17.6 Å². The Labute approximate surface area is 96.8 Å². The van der Waals surface area contributed by atoms with Crippen LogP contribution in [0.2, 0.25) is 0 Å². The molecule has 0 heterocycles. The summed E-state index contributed by atoms with van der Waals surface area (Å²) < 4.78 is 51.1. The first kappa shape index (κ1) is 12.4. The lowest BCUT2D eigenvalue weighted by atomic mass is 10.1. The molecule has 0 radical (unpaired) electrons. The van der Waals surface area contributed by atoms with Gasteiger partial charge in [-0.15, -0.1) is 0 Å². The Morgan fingerprint density at radius 3 is 2.41 bits per heavy atom. The van der Waals surface area contributed by atoms with E-state index < -0.39 is 23.6 Å². The van der Waals surface area contributed by atoms with Crippen molar-refractivity contribution in [3.8, 4) is 0 Å². The van der Waals surface area contributed by atoms with Crippen molar-refractivity contribution in [2.45, 2.75) is 37.5 Å². The highest BCUT2D eigenvalue weighted by atomic mass is 19.4. The zero-order valence-corrected chi connectivity index (χ0v) is 9.31. The molecule has 1 aliphatic carbocycles. The van der Waals surface area contributed by atoms with E-state index in [0.717, 1.165) is 0 Å². The fraction of sp³-hybridized carbons (Fsp3) is 0.500. The third-order valence-corrected chi connectivity index (χ3v) is 3.13. The molecule has 0 aromatic heterocycles. The Morgan fingerprint density at radius 2 is 1.94 bits per heavy atom. The van der Waals surface area contributed by atoms with Gasteiger partial charge in [0.25, 0.3) is 0 Å². The van der Waals surface area contributed by atoms with Crippen LogP contribution in [0.4, 0.5) is 17.6 Å².